The number of hydrogen-bond donors (Lipinski definition) is 0. The van der Waals surface area contributed by atoms with Crippen molar-refractivity contribution in [2.45, 2.75) is 41.6 Å². The number of rotatable bonds is 7. The minimum atomic E-state index is -1.10. The molecule has 4 saturated heterocycles. The Bertz CT molecular complexity index is 1060. The molecule has 0 aromatic heterocycles. The molecule has 7 nitrogen and oxygen atoms in total. The maximum absolute atomic E-state index is 13.7. The van der Waals surface area contributed by atoms with Crippen LogP contribution in [0.15, 0.2) is 43.5 Å². The topological polar surface area (TPSA) is 63.4 Å². The van der Waals surface area contributed by atoms with Crippen LogP contribution in [-0.2, 0) is 9.59 Å². The van der Waals surface area contributed by atoms with Gasteiger partial charge in [0.15, 0.2) is 21.2 Å². The lowest BCUT2D eigenvalue weighted by molar-refractivity contribution is -0.164. The molecule has 0 radical (unpaired) electrons. The number of likely N-dealkylation sites (N-methyl/N-ethyl adjacent to an activating group) is 1. The van der Waals surface area contributed by atoms with E-state index in [1.165, 1.54) is 26.5 Å². The highest BCUT2D eigenvalue weighted by Gasteiger charge is 2.77. The van der Waals surface area contributed by atoms with Crippen LogP contribution < -0.4 is 9.47 Å². The van der Waals surface area contributed by atoms with Crippen molar-refractivity contribution in [2.75, 3.05) is 20.3 Å². The molecule has 4 heterocycles. The average Bonchev–Trinajstić information content (AvgIpc) is 3.07. The van der Waals surface area contributed by atoms with Gasteiger partial charge in [0.1, 0.15) is 19.3 Å². The normalized spacial score (nSPS) is 33.0. The van der Waals surface area contributed by atoms with Gasteiger partial charge in [0.05, 0.1) is 6.42 Å². The van der Waals surface area contributed by atoms with Gasteiger partial charge < -0.3 is 24.1 Å². The molecule has 2 amide bonds. The third-order valence-corrected chi connectivity index (χ3v) is 10.0. The van der Waals surface area contributed by atoms with Crippen LogP contribution in [-0.4, -0.2) is 57.2 Å². The van der Waals surface area contributed by atoms with Gasteiger partial charge in [-0.05, 0) is 24.6 Å². The molecule has 5 rings (SSSR count). The van der Waals surface area contributed by atoms with Gasteiger partial charge in [0.25, 0.3) is 17.4 Å². The summed E-state index contributed by atoms with van der Waals surface area (Å²) in [7, 11) is 4.47. The van der Waals surface area contributed by atoms with E-state index in [-0.39, 0.29) is 24.8 Å². The van der Waals surface area contributed by atoms with E-state index in [9.17, 15) is 9.59 Å². The third kappa shape index (κ3) is 2.96. The summed E-state index contributed by atoms with van der Waals surface area (Å²) in [6.07, 6.45) is 3.53. The van der Waals surface area contributed by atoms with Crippen LogP contribution in [0.5, 0.6) is 11.5 Å². The second kappa shape index (κ2) is 7.78. The second-order valence-corrected chi connectivity index (χ2v) is 11.2. The molecule has 4 aliphatic heterocycles. The Hall–Kier alpha value is -2.57. The Morgan fingerprint density at radius 3 is 2.44 bits per heavy atom. The zero-order chi connectivity index (χ0) is 23.3. The second-order valence-electron chi connectivity index (χ2n) is 8.43. The molecule has 0 N–H and O–H groups in total. The highest BCUT2D eigenvalue weighted by atomic mass is 33.1. The van der Waals surface area contributed by atoms with Crippen molar-refractivity contribution in [3.05, 3.63) is 60.5 Å². The fourth-order valence-electron chi connectivity index (χ4n) is 4.62. The molecule has 9 heteroatoms. The van der Waals surface area contributed by atoms with E-state index in [4.69, 9.17) is 16.0 Å². The van der Waals surface area contributed by atoms with E-state index < -0.39 is 21.3 Å². The Kier molecular flexibility index (Phi) is 5.50. The first-order valence-electron chi connectivity index (χ1n) is 10.2. The zero-order valence-electron chi connectivity index (χ0n) is 18.3. The van der Waals surface area contributed by atoms with E-state index in [1.807, 2.05) is 13.0 Å². The maximum atomic E-state index is 13.7. The van der Waals surface area contributed by atoms with Gasteiger partial charge in [-0.25, -0.2) is 6.57 Å². The molecule has 32 heavy (non-hydrogen) atoms. The van der Waals surface area contributed by atoms with Gasteiger partial charge in [-0.2, -0.15) is 0 Å². The molecule has 4 fully saturated rings. The van der Waals surface area contributed by atoms with Crippen LogP contribution in [0.1, 0.15) is 31.9 Å². The van der Waals surface area contributed by atoms with Gasteiger partial charge >= 0.3 is 0 Å². The van der Waals surface area contributed by atoms with Crippen molar-refractivity contribution >= 4 is 33.4 Å². The maximum Gasteiger partial charge on any atom is 0.262 e. The van der Waals surface area contributed by atoms with Crippen molar-refractivity contribution in [1.29, 1.82) is 0 Å². The molecular weight excluding hydrogens is 446 g/mol. The Morgan fingerprint density at radius 1 is 1.16 bits per heavy atom. The lowest BCUT2D eigenvalue weighted by atomic mass is 9.87. The highest BCUT2D eigenvalue weighted by Crippen LogP contribution is 2.68. The number of fused-ring (bicyclic) bond motifs is 2. The van der Waals surface area contributed by atoms with Gasteiger partial charge in [0, 0.05) is 14.0 Å². The molecule has 0 aliphatic carbocycles. The number of ether oxygens (including phenoxy) is 2. The number of carbonyl (C=O) groups is 2. The van der Waals surface area contributed by atoms with Crippen LogP contribution in [0.2, 0.25) is 0 Å². The Morgan fingerprint density at radius 2 is 1.81 bits per heavy atom. The van der Waals surface area contributed by atoms with Crippen LogP contribution in [0.3, 0.4) is 0 Å². The first-order chi connectivity index (χ1) is 15.2. The molecule has 2 bridgehead atoms. The first kappa shape index (κ1) is 22.6. The average molecular weight is 472 g/mol. The standard InChI is InChI=1S/C23H25N3O4S2/c1-7-11-29-16-10-9-15(13-17(16)30-12-8-2)18-21(3,24-5)14-23-20(28)25(6)22(4,31-32-23)19(27)26(18)23/h7-10,13,18H,1-2,11-12,14H2,3-4,6H3/t18?,21-,22-,23-/m0/s1. The van der Waals surface area contributed by atoms with E-state index in [1.54, 1.807) is 43.2 Å². The molecule has 1 aromatic rings. The van der Waals surface area contributed by atoms with E-state index in [0.29, 0.717) is 18.1 Å². The van der Waals surface area contributed by atoms with Crippen molar-refractivity contribution in [2.24, 2.45) is 0 Å². The summed E-state index contributed by atoms with van der Waals surface area (Å²) in [5.74, 6) is 0.742. The minimum absolute atomic E-state index is 0.130. The largest absolute Gasteiger partial charge is 0.486 e. The van der Waals surface area contributed by atoms with E-state index in [2.05, 4.69) is 18.0 Å². The Balaban J connectivity index is 1.84. The number of nitrogens with zero attached hydrogens (tertiary/aromatic N) is 3. The predicted molar refractivity (Wildman–Crippen MR) is 126 cm³/mol. The third-order valence-electron chi connectivity index (χ3n) is 6.32. The monoisotopic (exact) mass is 471 g/mol. The smallest absolute Gasteiger partial charge is 0.262 e. The Labute approximate surface area is 196 Å². The fraction of sp³-hybridized carbons (Fsp3) is 0.435. The van der Waals surface area contributed by atoms with Crippen LogP contribution in [0, 0.1) is 6.57 Å². The summed E-state index contributed by atoms with van der Waals surface area (Å²) < 4.78 is 11.5. The van der Waals surface area contributed by atoms with Crippen LogP contribution in [0.4, 0.5) is 0 Å². The fourth-order valence-corrected chi connectivity index (χ4v) is 8.19. The summed E-state index contributed by atoms with van der Waals surface area (Å²) in [5.41, 5.74) is -0.245. The van der Waals surface area contributed by atoms with Crippen molar-refractivity contribution in [3.8, 4) is 11.5 Å². The lowest BCUT2D eigenvalue weighted by Gasteiger charge is -2.57. The minimum Gasteiger partial charge on any atom is -0.486 e. The van der Waals surface area contributed by atoms with E-state index >= 15 is 0 Å². The summed E-state index contributed by atoms with van der Waals surface area (Å²) in [6.45, 7) is 19.5. The van der Waals surface area contributed by atoms with Crippen molar-refractivity contribution in [3.63, 3.8) is 0 Å². The summed E-state index contributed by atoms with van der Waals surface area (Å²) in [6, 6.07) is 4.82. The highest BCUT2D eigenvalue weighted by molar-refractivity contribution is 8.78. The summed E-state index contributed by atoms with van der Waals surface area (Å²) in [5, 5.41) is 0. The number of benzene rings is 1. The van der Waals surface area contributed by atoms with Gasteiger partial charge in [0.2, 0.25) is 0 Å². The quantitative estimate of drug-likeness (QED) is 0.340. The molecule has 0 saturated carbocycles. The molecular formula is C23H25N3O4S2. The summed E-state index contributed by atoms with van der Waals surface area (Å²) >= 11 is 0. The van der Waals surface area contributed by atoms with Crippen LogP contribution in [0.25, 0.3) is 4.85 Å². The van der Waals surface area contributed by atoms with Gasteiger partial charge in [-0.3, -0.25) is 9.59 Å². The van der Waals surface area contributed by atoms with Crippen molar-refractivity contribution < 1.29 is 19.1 Å². The molecule has 4 aliphatic rings. The zero-order valence-corrected chi connectivity index (χ0v) is 19.9. The van der Waals surface area contributed by atoms with Crippen LogP contribution >= 0.6 is 21.6 Å². The molecule has 1 aromatic carbocycles. The number of carbonyl (C=O) groups excluding carboxylic acids is 2. The number of amides is 2. The van der Waals surface area contributed by atoms with E-state index in [0.717, 1.165) is 5.56 Å². The molecule has 1 spiro atoms. The van der Waals surface area contributed by atoms with Crippen molar-refractivity contribution in [1.82, 2.24) is 9.80 Å². The van der Waals surface area contributed by atoms with Gasteiger partial charge in [-0.15, -0.1) is 0 Å². The molecule has 4 atom stereocenters. The number of hydrogen-bond acceptors (Lipinski definition) is 6. The SMILES string of the molecule is [C-]#[N+][C@@]1(C)C[C@@]23SS[C@@](C)(C(=O)N2C1c1ccc(OCC=C)c(OCC=C)c1)N(C)C3=O. The summed E-state index contributed by atoms with van der Waals surface area (Å²) in [4.78, 5) is 32.2. The molecule has 168 valence electrons. The number of piperazine rings is 1. The first-order valence-corrected chi connectivity index (χ1v) is 12.3. The lowest BCUT2D eigenvalue weighted by Crippen LogP contribution is -2.73. The molecule has 1 unspecified atom stereocenters. The van der Waals surface area contributed by atoms with Gasteiger partial charge in [-0.1, -0.05) is 53.0 Å². The predicted octanol–water partition coefficient (Wildman–Crippen LogP) is 4.05.